The molecule has 0 spiro atoms. The summed E-state index contributed by atoms with van der Waals surface area (Å²) >= 11 is 1.11. The molecule has 140 valence electrons. The number of hydroxylamine groups is 2. The highest BCUT2D eigenvalue weighted by Crippen LogP contribution is 2.36. The lowest BCUT2D eigenvalue weighted by Crippen LogP contribution is -2.51. The predicted octanol–water partition coefficient (Wildman–Crippen LogP) is 1.47. The highest BCUT2D eigenvalue weighted by molar-refractivity contribution is 7.16. The quantitative estimate of drug-likeness (QED) is 0.307. The van der Waals surface area contributed by atoms with Gasteiger partial charge in [-0.1, -0.05) is 23.5 Å². The zero-order valence-corrected chi connectivity index (χ0v) is 15.4. The van der Waals surface area contributed by atoms with Crippen molar-refractivity contribution in [3.8, 4) is 5.19 Å². The van der Waals surface area contributed by atoms with Gasteiger partial charge in [0.2, 0.25) is 0 Å². The lowest BCUT2D eigenvalue weighted by Gasteiger charge is -2.38. The minimum absolute atomic E-state index is 0.146. The molecule has 0 saturated carbocycles. The number of quaternary nitrogens is 1. The Bertz CT molecular complexity index is 594. The number of hydrogen-bond acceptors (Lipinski definition) is 9. The summed E-state index contributed by atoms with van der Waals surface area (Å²) in [4.78, 5) is 14.1. The van der Waals surface area contributed by atoms with Gasteiger partial charge in [0.15, 0.2) is 6.10 Å². The highest BCUT2D eigenvalue weighted by Gasteiger charge is 2.46. The fourth-order valence-corrected chi connectivity index (χ4v) is 3.69. The number of esters is 1. The van der Waals surface area contributed by atoms with E-state index in [-0.39, 0.29) is 11.8 Å². The van der Waals surface area contributed by atoms with Gasteiger partial charge in [-0.25, -0.2) is 9.69 Å². The van der Waals surface area contributed by atoms with Crippen LogP contribution in [0.4, 0.5) is 5.13 Å². The first-order chi connectivity index (χ1) is 12.0. The third kappa shape index (κ3) is 4.09. The van der Waals surface area contributed by atoms with Crippen molar-refractivity contribution < 1.29 is 19.0 Å². The molecule has 3 atom stereocenters. The van der Waals surface area contributed by atoms with Crippen molar-refractivity contribution in [3.05, 3.63) is 5.21 Å². The molecule has 1 aromatic rings. The number of rotatable bonds is 7. The van der Waals surface area contributed by atoms with Crippen LogP contribution in [0.3, 0.4) is 0 Å². The van der Waals surface area contributed by atoms with E-state index in [9.17, 15) is 10.0 Å². The van der Waals surface area contributed by atoms with Crippen molar-refractivity contribution in [2.45, 2.75) is 44.9 Å². The van der Waals surface area contributed by atoms with Crippen molar-refractivity contribution >= 4 is 22.4 Å². The molecule has 0 radical (unpaired) electrons. The third-order valence-corrected chi connectivity index (χ3v) is 5.22. The molecule has 2 aliphatic heterocycles. The molecule has 1 aromatic heterocycles. The van der Waals surface area contributed by atoms with Crippen LogP contribution in [0.1, 0.15) is 32.6 Å². The number of unbranched alkanes of at least 4 members (excludes halogenated alkanes) is 1. The van der Waals surface area contributed by atoms with Gasteiger partial charge >= 0.3 is 11.1 Å². The Balaban J connectivity index is 1.69. The van der Waals surface area contributed by atoms with Crippen LogP contribution < -0.4 is 9.38 Å². The second kappa shape index (κ2) is 7.92. The number of ether oxygens (including phenoxy) is 3. The molecule has 0 aromatic carbocycles. The van der Waals surface area contributed by atoms with Crippen LogP contribution in [0.5, 0.6) is 5.19 Å². The topological polar surface area (TPSA) is 96.8 Å². The molecule has 10 heteroatoms. The van der Waals surface area contributed by atoms with Gasteiger partial charge in [-0.3, -0.25) is 4.65 Å². The zero-order chi connectivity index (χ0) is 17.9. The van der Waals surface area contributed by atoms with Gasteiger partial charge in [-0.15, -0.1) is 0 Å². The summed E-state index contributed by atoms with van der Waals surface area (Å²) in [6, 6.07) is 0. The second-order valence-electron chi connectivity index (χ2n) is 6.42. The van der Waals surface area contributed by atoms with Gasteiger partial charge in [0.1, 0.15) is 6.67 Å². The molecule has 0 N–H and O–H groups in total. The van der Waals surface area contributed by atoms with E-state index in [0.717, 1.165) is 30.6 Å². The Labute approximate surface area is 150 Å². The molecular weight excluding hydrogens is 348 g/mol. The van der Waals surface area contributed by atoms with Crippen LogP contribution in [0, 0.1) is 5.21 Å². The van der Waals surface area contributed by atoms with Gasteiger partial charge in [-0.05, 0) is 26.3 Å². The smallest absolute Gasteiger partial charge is 0.339 e. The molecule has 2 fully saturated rings. The summed E-state index contributed by atoms with van der Waals surface area (Å²) in [6.45, 7) is 3.65. The van der Waals surface area contributed by atoms with Gasteiger partial charge in [0.25, 0.3) is 11.4 Å². The van der Waals surface area contributed by atoms with Crippen molar-refractivity contribution in [3.63, 3.8) is 0 Å². The van der Waals surface area contributed by atoms with Crippen LogP contribution in [0.25, 0.3) is 0 Å². The number of carbonyl (C=O) groups is 1. The molecule has 3 rings (SSSR count). The Morgan fingerprint density at radius 1 is 1.52 bits per heavy atom. The lowest BCUT2D eigenvalue weighted by molar-refractivity contribution is -0.164. The lowest BCUT2D eigenvalue weighted by atomic mass is 10.2. The summed E-state index contributed by atoms with van der Waals surface area (Å²) in [5, 5.41) is 21.9. The SMILES string of the molecule is CCCCOc1nnc([N+]2([O-])CN(C)CC2OC(=O)C2CCCO2)s1. The number of hydrogen-bond donors (Lipinski definition) is 0. The Morgan fingerprint density at radius 2 is 2.36 bits per heavy atom. The summed E-state index contributed by atoms with van der Waals surface area (Å²) in [5.74, 6) is -0.472. The van der Waals surface area contributed by atoms with Gasteiger partial charge in [-0.2, -0.15) is 0 Å². The van der Waals surface area contributed by atoms with E-state index in [1.807, 2.05) is 11.9 Å². The largest absolute Gasteiger partial charge is 0.622 e. The Hall–Kier alpha value is -1.33. The molecule has 25 heavy (non-hydrogen) atoms. The fourth-order valence-electron chi connectivity index (χ4n) is 2.90. The van der Waals surface area contributed by atoms with Crippen LogP contribution in [-0.2, 0) is 14.3 Å². The molecule has 0 aliphatic carbocycles. The average molecular weight is 372 g/mol. The highest BCUT2D eigenvalue weighted by atomic mass is 32.1. The maximum atomic E-state index is 13.4. The van der Waals surface area contributed by atoms with E-state index in [0.29, 0.717) is 31.4 Å². The van der Waals surface area contributed by atoms with Crippen molar-refractivity contribution in [1.82, 2.24) is 19.7 Å². The summed E-state index contributed by atoms with van der Waals surface area (Å²) in [5.41, 5.74) is 0. The van der Waals surface area contributed by atoms with E-state index < -0.39 is 22.9 Å². The Morgan fingerprint density at radius 3 is 3.08 bits per heavy atom. The maximum absolute atomic E-state index is 13.4. The van der Waals surface area contributed by atoms with E-state index in [1.165, 1.54) is 0 Å². The molecule has 9 nitrogen and oxygen atoms in total. The molecule has 2 aliphatic rings. The van der Waals surface area contributed by atoms with E-state index in [4.69, 9.17) is 14.2 Å². The van der Waals surface area contributed by atoms with Crippen LogP contribution >= 0.6 is 11.3 Å². The minimum Gasteiger partial charge on any atom is -0.622 e. The third-order valence-electron chi connectivity index (χ3n) is 4.27. The van der Waals surface area contributed by atoms with Crippen molar-refractivity contribution in [2.24, 2.45) is 0 Å². The Kier molecular flexibility index (Phi) is 5.85. The fraction of sp³-hybridized carbons (Fsp3) is 0.800. The minimum atomic E-state index is -0.877. The summed E-state index contributed by atoms with van der Waals surface area (Å²) in [6.07, 6.45) is 1.95. The second-order valence-corrected chi connectivity index (χ2v) is 7.34. The van der Waals surface area contributed by atoms with Crippen LogP contribution in [-0.4, -0.2) is 66.9 Å². The molecule has 0 amide bonds. The predicted molar refractivity (Wildman–Crippen MR) is 91.8 cm³/mol. The van der Waals surface area contributed by atoms with Crippen molar-refractivity contribution in [1.29, 1.82) is 0 Å². The monoisotopic (exact) mass is 372 g/mol. The molecular formula is C15H24N4O5S. The van der Waals surface area contributed by atoms with Gasteiger partial charge < -0.3 is 19.4 Å². The number of nitrogens with zero attached hydrogens (tertiary/aromatic N) is 4. The summed E-state index contributed by atoms with van der Waals surface area (Å²) in [7, 11) is 1.81. The maximum Gasteiger partial charge on any atom is 0.339 e. The average Bonchev–Trinajstić information content (AvgIpc) is 3.30. The van der Waals surface area contributed by atoms with Gasteiger partial charge in [0.05, 0.1) is 13.2 Å². The zero-order valence-electron chi connectivity index (χ0n) is 14.5. The summed E-state index contributed by atoms with van der Waals surface area (Å²) < 4.78 is 15.5. The van der Waals surface area contributed by atoms with Crippen LogP contribution in [0.2, 0.25) is 0 Å². The standard InChI is InChI=1S/C15H24N4O5S/c1-3-4-7-23-15-17-16-14(25-15)19(21)10-18(2)9-12(19)24-13(20)11-6-5-8-22-11/h11-12H,3-10H2,1-2H3. The normalized spacial score (nSPS) is 29.9. The van der Waals surface area contributed by atoms with Gasteiger partial charge in [0, 0.05) is 17.9 Å². The first-order valence-electron chi connectivity index (χ1n) is 8.59. The van der Waals surface area contributed by atoms with E-state index in [1.54, 1.807) is 0 Å². The van der Waals surface area contributed by atoms with E-state index >= 15 is 0 Å². The molecule has 2 saturated heterocycles. The first kappa shape index (κ1) is 18.5. The molecule has 0 bridgehead atoms. The van der Waals surface area contributed by atoms with Crippen LogP contribution in [0.15, 0.2) is 0 Å². The number of aromatic nitrogens is 2. The molecule has 3 unspecified atom stereocenters. The van der Waals surface area contributed by atoms with Crippen molar-refractivity contribution in [2.75, 3.05) is 33.5 Å². The van der Waals surface area contributed by atoms with E-state index in [2.05, 4.69) is 17.1 Å². The molecule has 3 heterocycles. The number of carbonyl (C=O) groups excluding carboxylic acids is 1. The first-order valence-corrected chi connectivity index (χ1v) is 9.41. The number of likely N-dealkylation sites (N-methyl/N-ethyl adjacent to an activating group) is 1.